The van der Waals surface area contributed by atoms with Gasteiger partial charge in [-0.25, -0.2) is 4.79 Å². The minimum absolute atomic E-state index is 0.221. The average Bonchev–Trinajstić information content (AvgIpc) is 2.77. The normalized spacial score (nSPS) is 21.2. The first kappa shape index (κ1) is 14.5. The summed E-state index contributed by atoms with van der Waals surface area (Å²) >= 11 is 0. The van der Waals surface area contributed by atoms with Gasteiger partial charge in [0, 0.05) is 6.21 Å². The molecule has 1 aromatic rings. The van der Waals surface area contributed by atoms with E-state index in [4.69, 9.17) is 0 Å². The minimum atomic E-state index is -0.712. The van der Waals surface area contributed by atoms with E-state index in [1.807, 2.05) is 36.4 Å². The van der Waals surface area contributed by atoms with E-state index in [0.29, 0.717) is 12.8 Å². The Hall–Kier alpha value is -2.43. The second-order valence-electron chi connectivity index (χ2n) is 5.72. The van der Waals surface area contributed by atoms with Gasteiger partial charge in [0.1, 0.15) is 5.54 Å². The van der Waals surface area contributed by atoms with Crippen molar-refractivity contribution in [2.24, 2.45) is 5.10 Å². The van der Waals surface area contributed by atoms with E-state index in [1.54, 1.807) is 6.08 Å². The lowest BCUT2D eigenvalue weighted by atomic mass is 9.82. The van der Waals surface area contributed by atoms with Crippen LogP contribution < -0.4 is 5.32 Å². The first-order valence-electron chi connectivity index (χ1n) is 7.64. The van der Waals surface area contributed by atoms with Crippen LogP contribution >= 0.6 is 0 Å². The van der Waals surface area contributed by atoms with Crippen LogP contribution in [0.5, 0.6) is 0 Å². The minimum Gasteiger partial charge on any atom is -0.321 e. The first-order chi connectivity index (χ1) is 10.7. The van der Waals surface area contributed by atoms with E-state index in [9.17, 15) is 9.59 Å². The summed E-state index contributed by atoms with van der Waals surface area (Å²) in [5, 5.41) is 7.80. The van der Waals surface area contributed by atoms with Crippen molar-refractivity contribution in [3.8, 4) is 0 Å². The maximum atomic E-state index is 12.5. The molecular weight excluding hydrogens is 278 g/mol. The molecule has 1 aliphatic heterocycles. The zero-order valence-electron chi connectivity index (χ0n) is 12.4. The molecule has 0 aromatic heterocycles. The van der Waals surface area contributed by atoms with Crippen LogP contribution in [-0.4, -0.2) is 28.7 Å². The zero-order valence-corrected chi connectivity index (χ0v) is 12.4. The Morgan fingerprint density at radius 2 is 1.82 bits per heavy atom. The maximum absolute atomic E-state index is 12.5. The standard InChI is InChI=1S/C17H19N3O2/c21-15-17(11-5-2-6-12-17)19-16(22)20(15)18-13-7-10-14-8-3-1-4-9-14/h1,3-4,7-10,13H,2,5-6,11-12H2,(H,19,22)/b10-7+,18-13-. The Labute approximate surface area is 129 Å². The number of carbonyl (C=O) groups excluding carboxylic acids is 2. The molecule has 5 heteroatoms. The van der Waals surface area contributed by atoms with Crippen LogP contribution in [0.3, 0.4) is 0 Å². The van der Waals surface area contributed by atoms with Crippen molar-refractivity contribution >= 4 is 24.2 Å². The predicted molar refractivity (Wildman–Crippen MR) is 85.2 cm³/mol. The van der Waals surface area contributed by atoms with Crippen LogP contribution in [0.1, 0.15) is 37.7 Å². The number of imide groups is 1. The topological polar surface area (TPSA) is 61.8 Å². The van der Waals surface area contributed by atoms with Crippen molar-refractivity contribution in [1.29, 1.82) is 0 Å². The molecule has 1 aliphatic carbocycles. The van der Waals surface area contributed by atoms with Crippen LogP contribution in [0.2, 0.25) is 0 Å². The van der Waals surface area contributed by atoms with Gasteiger partial charge < -0.3 is 5.32 Å². The number of amides is 3. The van der Waals surface area contributed by atoms with Crippen molar-refractivity contribution < 1.29 is 9.59 Å². The molecule has 1 N–H and O–H groups in total. The number of hydrogen-bond acceptors (Lipinski definition) is 3. The lowest BCUT2D eigenvalue weighted by Crippen LogP contribution is -2.48. The molecule has 0 radical (unpaired) electrons. The molecule has 1 spiro atoms. The number of allylic oxidation sites excluding steroid dienone is 1. The molecule has 0 bridgehead atoms. The van der Waals surface area contributed by atoms with E-state index in [-0.39, 0.29) is 5.91 Å². The number of carbonyl (C=O) groups is 2. The second-order valence-corrected chi connectivity index (χ2v) is 5.72. The summed E-state index contributed by atoms with van der Waals surface area (Å²) in [6.45, 7) is 0. The van der Waals surface area contributed by atoms with Crippen LogP contribution in [0.4, 0.5) is 4.79 Å². The third kappa shape index (κ3) is 2.79. The molecule has 1 heterocycles. The number of rotatable bonds is 3. The molecule has 1 aromatic carbocycles. The highest BCUT2D eigenvalue weighted by molar-refractivity contribution is 6.07. The summed E-state index contributed by atoms with van der Waals surface area (Å²) in [5.41, 5.74) is 0.324. The predicted octanol–water partition coefficient (Wildman–Crippen LogP) is 2.94. The fourth-order valence-corrected chi connectivity index (χ4v) is 3.03. The molecule has 0 atom stereocenters. The molecule has 114 valence electrons. The van der Waals surface area contributed by atoms with Crippen molar-refractivity contribution in [1.82, 2.24) is 10.3 Å². The summed E-state index contributed by atoms with van der Waals surface area (Å²) in [6, 6.07) is 9.35. The van der Waals surface area contributed by atoms with Crippen molar-refractivity contribution in [2.45, 2.75) is 37.6 Å². The molecule has 22 heavy (non-hydrogen) atoms. The third-order valence-corrected chi connectivity index (χ3v) is 4.20. The van der Waals surface area contributed by atoms with Gasteiger partial charge in [-0.1, -0.05) is 55.7 Å². The molecule has 5 nitrogen and oxygen atoms in total. The van der Waals surface area contributed by atoms with Crippen molar-refractivity contribution in [3.05, 3.63) is 42.0 Å². The number of nitrogens with zero attached hydrogens (tertiary/aromatic N) is 2. The van der Waals surface area contributed by atoms with Gasteiger partial charge in [0.05, 0.1) is 0 Å². The van der Waals surface area contributed by atoms with E-state index >= 15 is 0 Å². The number of nitrogens with one attached hydrogen (secondary N) is 1. The molecule has 2 fully saturated rings. The number of hydrogen-bond donors (Lipinski definition) is 1. The van der Waals surface area contributed by atoms with Crippen LogP contribution in [-0.2, 0) is 4.79 Å². The zero-order chi connectivity index (χ0) is 15.4. The molecule has 0 unspecified atom stereocenters. The fourth-order valence-electron chi connectivity index (χ4n) is 3.03. The van der Waals surface area contributed by atoms with Gasteiger partial charge in [-0.3, -0.25) is 4.79 Å². The highest BCUT2D eigenvalue weighted by Gasteiger charge is 2.51. The van der Waals surface area contributed by atoms with E-state index < -0.39 is 11.6 Å². The van der Waals surface area contributed by atoms with Gasteiger partial charge in [0.15, 0.2) is 0 Å². The second kappa shape index (κ2) is 6.13. The molecular formula is C17H19N3O2. The molecule has 3 amide bonds. The Balaban J connectivity index is 1.67. The monoisotopic (exact) mass is 297 g/mol. The Morgan fingerprint density at radius 1 is 1.09 bits per heavy atom. The van der Waals surface area contributed by atoms with Crippen molar-refractivity contribution in [2.75, 3.05) is 0 Å². The number of benzene rings is 1. The molecule has 1 saturated carbocycles. The molecule has 3 rings (SSSR count). The van der Waals surface area contributed by atoms with Gasteiger partial charge in [-0.15, -0.1) is 5.01 Å². The highest BCUT2D eigenvalue weighted by atomic mass is 16.2. The lowest BCUT2D eigenvalue weighted by Gasteiger charge is -2.29. The van der Waals surface area contributed by atoms with Gasteiger partial charge in [0.25, 0.3) is 5.91 Å². The summed E-state index contributed by atoms with van der Waals surface area (Å²) in [6.07, 6.45) is 9.56. The summed E-state index contributed by atoms with van der Waals surface area (Å²) < 4.78 is 0. The Morgan fingerprint density at radius 3 is 2.55 bits per heavy atom. The summed E-state index contributed by atoms with van der Waals surface area (Å²) in [5.74, 6) is -0.221. The van der Waals surface area contributed by atoms with Gasteiger partial charge in [0.2, 0.25) is 0 Å². The fraction of sp³-hybridized carbons (Fsp3) is 0.353. The van der Waals surface area contributed by atoms with Crippen LogP contribution in [0.25, 0.3) is 6.08 Å². The van der Waals surface area contributed by atoms with Gasteiger partial charge in [-0.2, -0.15) is 5.10 Å². The van der Waals surface area contributed by atoms with Gasteiger partial charge in [-0.05, 0) is 24.5 Å². The quantitative estimate of drug-likeness (QED) is 0.688. The first-order valence-corrected chi connectivity index (χ1v) is 7.64. The Bertz CT molecular complexity index is 616. The summed E-state index contributed by atoms with van der Waals surface area (Å²) in [7, 11) is 0. The average molecular weight is 297 g/mol. The summed E-state index contributed by atoms with van der Waals surface area (Å²) in [4.78, 5) is 24.4. The Kier molecular flexibility index (Phi) is 4.04. The van der Waals surface area contributed by atoms with E-state index in [2.05, 4.69) is 10.4 Å². The maximum Gasteiger partial charge on any atom is 0.346 e. The lowest BCUT2D eigenvalue weighted by molar-refractivity contribution is -0.132. The van der Waals surface area contributed by atoms with Crippen molar-refractivity contribution in [3.63, 3.8) is 0 Å². The van der Waals surface area contributed by atoms with Crippen LogP contribution in [0, 0.1) is 0 Å². The highest BCUT2D eigenvalue weighted by Crippen LogP contribution is 2.33. The molecule has 1 saturated heterocycles. The van der Waals surface area contributed by atoms with E-state index in [0.717, 1.165) is 29.8 Å². The number of hydrazone groups is 1. The van der Waals surface area contributed by atoms with Crippen LogP contribution in [0.15, 0.2) is 41.5 Å². The number of urea groups is 1. The molecule has 2 aliphatic rings. The van der Waals surface area contributed by atoms with E-state index in [1.165, 1.54) is 6.21 Å². The largest absolute Gasteiger partial charge is 0.346 e. The third-order valence-electron chi connectivity index (χ3n) is 4.20. The SMILES string of the molecule is O=C1NC2(CCCCC2)C(=O)N1/N=C\C=C\c1ccccc1. The van der Waals surface area contributed by atoms with Gasteiger partial charge >= 0.3 is 6.03 Å². The smallest absolute Gasteiger partial charge is 0.321 e.